The second-order valence-corrected chi connectivity index (χ2v) is 5.69. The molecule has 0 radical (unpaired) electrons. The summed E-state index contributed by atoms with van der Waals surface area (Å²) in [4.78, 5) is 5.15. The van der Waals surface area contributed by atoms with Gasteiger partial charge in [0.2, 0.25) is 0 Å². The molecule has 1 fully saturated rings. The third kappa shape index (κ3) is 6.42. The van der Waals surface area contributed by atoms with Crippen LogP contribution < -0.4 is 0 Å². The summed E-state index contributed by atoms with van der Waals surface area (Å²) >= 11 is 0. The van der Waals surface area contributed by atoms with Crippen LogP contribution >= 0.6 is 0 Å². The third-order valence-corrected chi connectivity index (χ3v) is 3.61. The Morgan fingerprint density at radius 1 is 1.18 bits per heavy atom. The maximum Gasteiger partial charge on any atom is 0.0232 e. The fourth-order valence-electron chi connectivity index (χ4n) is 2.24. The minimum Gasteiger partial charge on any atom is -0.302 e. The molecule has 0 aromatic heterocycles. The number of hydrogen-bond acceptors (Lipinski definition) is 2. The van der Waals surface area contributed by atoms with Crippen molar-refractivity contribution in [1.82, 2.24) is 9.80 Å². The summed E-state index contributed by atoms with van der Waals surface area (Å²) in [7, 11) is 2.29. The maximum absolute atomic E-state index is 2.59. The van der Waals surface area contributed by atoms with E-state index in [1.807, 2.05) is 13.8 Å². The number of likely N-dealkylation sites (tertiary alicyclic amines) is 1. The molecule has 0 saturated carbocycles. The molecule has 1 aliphatic rings. The van der Waals surface area contributed by atoms with Crippen molar-refractivity contribution in [1.29, 1.82) is 0 Å². The second-order valence-electron chi connectivity index (χ2n) is 5.69. The lowest BCUT2D eigenvalue weighted by Crippen LogP contribution is -2.37. The van der Waals surface area contributed by atoms with E-state index in [1.54, 1.807) is 0 Å². The number of nitrogens with zero attached hydrogens (tertiary/aromatic N) is 2. The minimum absolute atomic E-state index is 0.716. The molecule has 2 heteroatoms. The fourth-order valence-corrected chi connectivity index (χ4v) is 2.24. The van der Waals surface area contributed by atoms with E-state index in [9.17, 15) is 0 Å². The van der Waals surface area contributed by atoms with Crippen LogP contribution in [0.4, 0.5) is 0 Å². The van der Waals surface area contributed by atoms with Gasteiger partial charge >= 0.3 is 0 Å². The van der Waals surface area contributed by atoms with Crippen molar-refractivity contribution in [3.63, 3.8) is 0 Å². The lowest BCUT2D eigenvalue weighted by Gasteiger charge is -2.26. The smallest absolute Gasteiger partial charge is 0.0232 e. The average molecular weight is 242 g/mol. The SMILES string of the molecule is CC.CC(C)CCN(C)C1CCN(C(C)C)C1. The van der Waals surface area contributed by atoms with Gasteiger partial charge < -0.3 is 4.90 Å². The molecule has 0 aliphatic carbocycles. The van der Waals surface area contributed by atoms with Crippen molar-refractivity contribution in [2.24, 2.45) is 5.92 Å². The van der Waals surface area contributed by atoms with E-state index in [2.05, 4.69) is 44.5 Å². The summed E-state index contributed by atoms with van der Waals surface area (Å²) in [5.41, 5.74) is 0. The van der Waals surface area contributed by atoms with E-state index in [1.165, 1.54) is 32.5 Å². The van der Waals surface area contributed by atoms with Crippen LogP contribution in [-0.2, 0) is 0 Å². The molecule has 0 aromatic rings. The Morgan fingerprint density at radius 2 is 1.76 bits per heavy atom. The van der Waals surface area contributed by atoms with Crippen LogP contribution in [0.1, 0.15) is 54.4 Å². The van der Waals surface area contributed by atoms with Crippen molar-refractivity contribution in [3.8, 4) is 0 Å². The zero-order valence-corrected chi connectivity index (χ0v) is 13.2. The van der Waals surface area contributed by atoms with Gasteiger partial charge in [-0.3, -0.25) is 4.90 Å². The van der Waals surface area contributed by atoms with E-state index in [4.69, 9.17) is 0 Å². The summed E-state index contributed by atoms with van der Waals surface area (Å²) in [6.45, 7) is 17.0. The summed E-state index contributed by atoms with van der Waals surface area (Å²) < 4.78 is 0. The molecular formula is C15H34N2. The van der Waals surface area contributed by atoms with Crippen molar-refractivity contribution in [3.05, 3.63) is 0 Å². The molecule has 1 rings (SSSR count). The summed E-state index contributed by atoms with van der Waals surface area (Å²) in [6, 6.07) is 1.51. The summed E-state index contributed by atoms with van der Waals surface area (Å²) in [5.74, 6) is 0.829. The first-order valence-corrected chi connectivity index (χ1v) is 7.45. The van der Waals surface area contributed by atoms with Crippen LogP contribution in [-0.4, -0.2) is 48.6 Å². The lowest BCUT2D eigenvalue weighted by molar-refractivity contribution is 0.207. The highest BCUT2D eigenvalue weighted by Crippen LogP contribution is 2.17. The molecule has 1 heterocycles. The first-order chi connectivity index (χ1) is 8.00. The van der Waals surface area contributed by atoms with Gasteiger partial charge in [0.1, 0.15) is 0 Å². The molecule has 0 amide bonds. The fraction of sp³-hybridized carbons (Fsp3) is 1.00. The van der Waals surface area contributed by atoms with E-state index >= 15 is 0 Å². The Morgan fingerprint density at radius 3 is 2.18 bits per heavy atom. The highest BCUT2D eigenvalue weighted by Gasteiger charge is 2.26. The quantitative estimate of drug-likeness (QED) is 0.728. The van der Waals surface area contributed by atoms with Gasteiger partial charge in [0.25, 0.3) is 0 Å². The molecule has 1 unspecified atom stereocenters. The Labute approximate surface area is 109 Å². The average Bonchev–Trinajstić information content (AvgIpc) is 2.78. The molecule has 0 N–H and O–H groups in total. The zero-order valence-electron chi connectivity index (χ0n) is 13.2. The Kier molecular flexibility index (Phi) is 8.89. The molecular weight excluding hydrogens is 208 g/mol. The number of hydrogen-bond donors (Lipinski definition) is 0. The Balaban J connectivity index is 0.00000121. The van der Waals surface area contributed by atoms with Crippen molar-refractivity contribution < 1.29 is 0 Å². The first kappa shape index (κ1) is 16.9. The monoisotopic (exact) mass is 242 g/mol. The molecule has 0 spiro atoms. The summed E-state index contributed by atoms with van der Waals surface area (Å²) in [5, 5.41) is 0. The third-order valence-electron chi connectivity index (χ3n) is 3.61. The summed E-state index contributed by atoms with van der Waals surface area (Å²) in [6.07, 6.45) is 2.68. The number of likely N-dealkylation sites (N-methyl/N-ethyl adjacent to an activating group) is 1. The van der Waals surface area contributed by atoms with E-state index in [0.29, 0.717) is 6.04 Å². The largest absolute Gasteiger partial charge is 0.302 e. The van der Waals surface area contributed by atoms with Gasteiger partial charge in [0, 0.05) is 25.2 Å². The highest BCUT2D eigenvalue weighted by molar-refractivity contribution is 4.83. The van der Waals surface area contributed by atoms with Gasteiger partial charge in [-0.05, 0) is 46.2 Å². The van der Waals surface area contributed by atoms with Gasteiger partial charge in [0.15, 0.2) is 0 Å². The van der Waals surface area contributed by atoms with Crippen LogP contribution in [0.2, 0.25) is 0 Å². The van der Waals surface area contributed by atoms with Gasteiger partial charge in [-0.15, -0.1) is 0 Å². The molecule has 2 nitrogen and oxygen atoms in total. The maximum atomic E-state index is 2.59. The van der Waals surface area contributed by atoms with Gasteiger partial charge in [-0.2, -0.15) is 0 Å². The molecule has 104 valence electrons. The van der Waals surface area contributed by atoms with Gasteiger partial charge in [0.05, 0.1) is 0 Å². The second kappa shape index (κ2) is 8.93. The molecule has 0 bridgehead atoms. The Hall–Kier alpha value is -0.0800. The van der Waals surface area contributed by atoms with Crippen LogP contribution in [0.3, 0.4) is 0 Å². The predicted octanol–water partition coefficient (Wildman–Crippen LogP) is 3.47. The number of rotatable bonds is 5. The molecule has 1 saturated heterocycles. The molecule has 17 heavy (non-hydrogen) atoms. The van der Waals surface area contributed by atoms with Crippen molar-refractivity contribution >= 4 is 0 Å². The van der Waals surface area contributed by atoms with Crippen molar-refractivity contribution in [2.75, 3.05) is 26.7 Å². The molecule has 1 aliphatic heterocycles. The lowest BCUT2D eigenvalue weighted by atomic mass is 10.1. The standard InChI is InChI=1S/C13H28N2.C2H6/c1-11(2)6-8-14(5)13-7-9-15(10-13)12(3)4;1-2/h11-13H,6-10H2,1-5H3;1-2H3. The van der Waals surface area contributed by atoms with E-state index in [-0.39, 0.29) is 0 Å². The van der Waals surface area contributed by atoms with Gasteiger partial charge in [-0.1, -0.05) is 27.7 Å². The topological polar surface area (TPSA) is 6.48 Å². The van der Waals surface area contributed by atoms with Crippen LogP contribution in [0.25, 0.3) is 0 Å². The van der Waals surface area contributed by atoms with Crippen LogP contribution in [0.5, 0.6) is 0 Å². The first-order valence-electron chi connectivity index (χ1n) is 7.45. The minimum atomic E-state index is 0.716. The highest BCUT2D eigenvalue weighted by atomic mass is 15.2. The van der Waals surface area contributed by atoms with Crippen LogP contribution in [0.15, 0.2) is 0 Å². The Bertz CT molecular complexity index is 178. The normalized spacial score (nSPS) is 21.2. The van der Waals surface area contributed by atoms with Gasteiger partial charge in [-0.25, -0.2) is 0 Å². The predicted molar refractivity (Wildman–Crippen MR) is 78.5 cm³/mol. The molecule has 0 aromatic carbocycles. The van der Waals surface area contributed by atoms with E-state index < -0.39 is 0 Å². The van der Waals surface area contributed by atoms with Crippen LogP contribution in [0, 0.1) is 5.92 Å². The molecule has 1 atom stereocenters. The van der Waals surface area contributed by atoms with E-state index in [0.717, 1.165) is 12.0 Å². The zero-order chi connectivity index (χ0) is 13.4. The van der Waals surface area contributed by atoms with Crippen molar-refractivity contribution in [2.45, 2.75) is 66.5 Å².